The molecule has 2 N–H and O–H groups in total. The van der Waals surface area contributed by atoms with Crippen molar-refractivity contribution in [3.63, 3.8) is 0 Å². The van der Waals surface area contributed by atoms with Crippen LogP contribution < -0.4 is 20.3 Å². The van der Waals surface area contributed by atoms with Crippen molar-refractivity contribution in [1.29, 1.82) is 0 Å². The molecule has 0 spiro atoms. The highest BCUT2D eigenvalue weighted by atomic mass is 16.5. The lowest BCUT2D eigenvalue weighted by molar-refractivity contribution is 0.414. The van der Waals surface area contributed by atoms with E-state index >= 15 is 0 Å². The fraction of sp³-hybridized carbons (Fsp3) is 0.500. The van der Waals surface area contributed by atoms with Crippen molar-refractivity contribution in [3.05, 3.63) is 36.9 Å². The number of rotatable bonds is 7. The minimum atomic E-state index is 0.569. The number of nitrogens with zero attached hydrogens (tertiary/aromatic N) is 2. The Labute approximate surface area is 139 Å². The van der Waals surface area contributed by atoms with Crippen LogP contribution in [0.4, 0.5) is 5.69 Å². The van der Waals surface area contributed by atoms with E-state index in [4.69, 9.17) is 9.73 Å². The molecule has 0 amide bonds. The van der Waals surface area contributed by atoms with Crippen molar-refractivity contribution >= 4 is 11.6 Å². The fourth-order valence-corrected chi connectivity index (χ4v) is 2.82. The van der Waals surface area contributed by atoms with E-state index in [9.17, 15) is 0 Å². The van der Waals surface area contributed by atoms with E-state index in [-0.39, 0.29) is 0 Å². The molecule has 2 rings (SSSR count). The molecule has 1 aliphatic rings. The molecular formula is C18H28N4O. The molecule has 0 radical (unpaired) electrons. The molecule has 1 aromatic rings. The summed E-state index contributed by atoms with van der Waals surface area (Å²) in [5.41, 5.74) is 1.18. The zero-order valence-corrected chi connectivity index (χ0v) is 14.2. The third-order valence-corrected chi connectivity index (χ3v) is 3.98. The van der Waals surface area contributed by atoms with Crippen LogP contribution in [0.1, 0.15) is 13.3 Å². The molecular weight excluding hydrogens is 288 g/mol. The molecule has 0 bridgehead atoms. The first-order valence-electron chi connectivity index (χ1n) is 8.29. The maximum atomic E-state index is 5.47. The number of ether oxygens (including phenoxy) is 1. The summed E-state index contributed by atoms with van der Waals surface area (Å²) in [4.78, 5) is 7.08. The summed E-state index contributed by atoms with van der Waals surface area (Å²) < 4.78 is 5.47. The molecule has 5 nitrogen and oxygen atoms in total. The Balaban J connectivity index is 1.92. The van der Waals surface area contributed by atoms with Gasteiger partial charge in [0.1, 0.15) is 5.75 Å². The lowest BCUT2D eigenvalue weighted by atomic mass is 10.1. The molecule has 0 aromatic heterocycles. The van der Waals surface area contributed by atoms with Crippen LogP contribution in [0.15, 0.2) is 41.9 Å². The highest BCUT2D eigenvalue weighted by molar-refractivity contribution is 5.79. The zero-order valence-electron chi connectivity index (χ0n) is 14.2. The summed E-state index contributed by atoms with van der Waals surface area (Å²) in [7, 11) is 1.73. The monoisotopic (exact) mass is 316 g/mol. The second-order valence-electron chi connectivity index (χ2n) is 5.66. The SMILES string of the molecule is C=CCNC(=NCC1CCN(c2ccccc2OC)C1)NCC. The highest BCUT2D eigenvalue weighted by Gasteiger charge is 2.24. The van der Waals surface area contributed by atoms with E-state index in [1.54, 1.807) is 7.11 Å². The number of benzene rings is 1. The van der Waals surface area contributed by atoms with Crippen LogP contribution in [-0.2, 0) is 0 Å². The van der Waals surface area contributed by atoms with Crippen molar-refractivity contribution < 1.29 is 4.74 Å². The second-order valence-corrected chi connectivity index (χ2v) is 5.66. The Morgan fingerprint density at radius 3 is 3.00 bits per heavy atom. The number of hydrogen-bond donors (Lipinski definition) is 2. The molecule has 1 unspecified atom stereocenters. The first-order valence-corrected chi connectivity index (χ1v) is 8.29. The van der Waals surface area contributed by atoms with Gasteiger partial charge in [-0.05, 0) is 31.4 Å². The predicted octanol–water partition coefficient (Wildman–Crippen LogP) is 2.26. The van der Waals surface area contributed by atoms with Crippen LogP contribution in [0, 0.1) is 5.92 Å². The third-order valence-electron chi connectivity index (χ3n) is 3.98. The number of aliphatic imine (C=N–C) groups is 1. The quantitative estimate of drug-likeness (QED) is 0.460. The smallest absolute Gasteiger partial charge is 0.191 e. The molecule has 5 heteroatoms. The van der Waals surface area contributed by atoms with Gasteiger partial charge >= 0.3 is 0 Å². The number of methoxy groups -OCH3 is 1. The molecule has 23 heavy (non-hydrogen) atoms. The van der Waals surface area contributed by atoms with Gasteiger partial charge in [-0.2, -0.15) is 0 Å². The average Bonchev–Trinajstić information content (AvgIpc) is 3.06. The molecule has 1 aliphatic heterocycles. The first kappa shape index (κ1) is 17.2. The molecule has 126 valence electrons. The summed E-state index contributed by atoms with van der Waals surface area (Å²) in [6, 6.07) is 8.21. The van der Waals surface area contributed by atoms with Crippen LogP contribution in [0.2, 0.25) is 0 Å². The minimum absolute atomic E-state index is 0.569. The van der Waals surface area contributed by atoms with Crippen LogP contribution in [0.3, 0.4) is 0 Å². The number of anilines is 1. The van der Waals surface area contributed by atoms with Crippen LogP contribution >= 0.6 is 0 Å². The molecule has 1 saturated heterocycles. The molecule has 0 aliphatic carbocycles. The van der Waals surface area contributed by atoms with E-state index in [1.165, 1.54) is 5.69 Å². The largest absolute Gasteiger partial charge is 0.495 e. The second kappa shape index (κ2) is 9.08. The van der Waals surface area contributed by atoms with Gasteiger partial charge in [0, 0.05) is 32.7 Å². The Morgan fingerprint density at radius 1 is 1.43 bits per heavy atom. The minimum Gasteiger partial charge on any atom is -0.495 e. The molecule has 1 aromatic carbocycles. The summed E-state index contributed by atoms with van der Waals surface area (Å²) in [5.74, 6) is 2.37. The lowest BCUT2D eigenvalue weighted by Gasteiger charge is -2.21. The van der Waals surface area contributed by atoms with Gasteiger partial charge < -0.3 is 20.3 Å². The van der Waals surface area contributed by atoms with Gasteiger partial charge in [0.15, 0.2) is 5.96 Å². The van der Waals surface area contributed by atoms with Crippen molar-refractivity contribution in [1.82, 2.24) is 10.6 Å². The van der Waals surface area contributed by atoms with E-state index in [0.717, 1.165) is 50.9 Å². The molecule has 1 atom stereocenters. The van der Waals surface area contributed by atoms with Gasteiger partial charge in [-0.1, -0.05) is 18.2 Å². The fourth-order valence-electron chi connectivity index (χ4n) is 2.82. The lowest BCUT2D eigenvalue weighted by Crippen LogP contribution is -2.37. The average molecular weight is 316 g/mol. The predicted molar refractivity (Wildman–Crippen MR) is 97.5 cm³/mol. The van der Waals surface area contributed by atoms with Crippen molar-refractivity contribution in [3.8, 4) is 5.75 Å². The van der Waals surface area contributed by atoms with Crippen molar-refractivity contribution in [2.45, 2.75) is 13.3 Å². The number of para-hydroxylation sites is 2. The van der Waals surface area contributed by atoms with E-state index in [0.29, 0.717) is 5.92 Å². The van der Waals surface area contributed by atoms with E-state index < -0.39 is 0 Å². The van der Waals surface area contributed by atoms with Crippen LogP contribution in [0.5, 0.6) is 5.75 Å². The summed E-state index contributed by atoms with van der Waals surface area (Å²) in [5, 5.41) is 6.50. The topological polar surface area (TPSA) is 48.9 Å². The standard InChI is InChI=1S/C18H28N4O/c1-4-11-20-18(19-5-2)21-13-15-10-12-22(14-15)16-8-6-7-9-17(16)23-3/h4,6-9,15H,1,5,10-14H2,2-3H3,(H2,19,20,21). The van der Waals surface area contributed by atoms with Crippen LogP contribution in [-0.4, -0.2) is 45.8 Å². The highest BCUT2D eigenvalue weighted by Crippen LogP contribution is 2.31. The molecule has 0 saturated carbocycles. The van der Waals surface area contributed by atoms with Gasteiger partial charge in [0.05, 0.1) is 12.8 Å². The maximum absolute atomic E-state index is 5.47. The van der Waals surface area contributed by atoms with Crippen molar-refractivity contribution in [2.75, 3.05) is 44.7 Å². The Hall–Kier alpha value is -2.17. The summed E-state index contributed by atoms with van der Waals surface area (Å²) >= 11 is 0. The Bertz CT molecular complexity index is 530. The van der Waals surface area contributed by atoms with E-state index in [2.05, 4.69) is 41.2 Å². The first-order chi connectivity index (χ1) is 11.3. The summed E-state index contributed by atoms with van der Waals surface area (Å²) in [6.07, 6.45) is 2.99. The number of guanidine groups is 1. The summed E-state index contributed by atoms with van der Waals surface area (Å²) in [6.45, 7) is 10.3. The Kier molecular flexibility index (Phi) is 6.78. The van der Waals surface area contributed by atoms with Gasteiger partial charge in [-0.25, -0.2) is 0 Å². The van der Waals surface area contributed by atoms with Gasteiger partial charge in [-0.15, -0.1) is 6.58 Å². The number of hydrogen-bond acceptors (Lipinski definition) is 3. The van der Waals surface area contributed by atoms with E-state index in [1.807, 2.05) is 18.2 Å². The van der Waals surface area contributed by atoms with Crippen LogP contribution in [0.25, 0.3) is 0 Å². The molecule has 1 heterocycles. The Morgan fingerprint density at radius 2 is 2.26 bits per heavy atom. The maximum Gasteiger partial charge on any atom is 0.191 e. The van der Waals surface area contributed by atoms with Gasteiger partial charge in [0.2, 0.25) is 0 Å². The van der Waals surface area contributed by atoms with Gasteiger partial charge in [0.25, 0.3) is 0 Å². The number of nitrogens with one attached hydrogen (secondary N) is 2. The normalized spacial score (nSPS) is 17.9. The third kappa shape index (κ3) is 4.91. The van der Waals surface area contributed by atoms with Gasteiger partial charge in [-0.3, -0.25) is 4.99 Å². The zero-order chi connectivity index (χ0) is 16.5. The van der Waals surface area contributed by atoms with Crippen molar-refractivity contribution in [2.24, 2.45) is 10.9 Å². The molecule has 1 fully saturated rings.